The summed E-state index contributed by atoms with van der Waals surface area (Å²) in [6, 6.07) is 8.13. The number of nitrogens with one attached hydrogen (secondary N) is 1. The Bertz CT molecular complexity index is 807. The lowest BCUT2D eigenvalue weighted by molar-refractivity contribution is -0.136. The normalized spacial score (nSPS) is 15.4. The highest BCUT2D eigenvalue weighted by molar-refractivity contribution is 5.90. The number of carbonyl (C=O) groups is 2. The molecule has 0 unspecified atom stereocenters. The van der Waals surface area contributed by atoms with Crippen molar-refractivity contribution in [2.24, 2.45) is 5.92 Å². The van der Waals surface area contributed by atoms with Crippen LogP contribution in [0.4, 0.5) is 0 Å². The molecule has 1 fully saturated rings. The summed E-state index contributed by atoms with van der Waals surface area (Å²) >= 11 is 0. The van der Waals surface area contributed by atoms with Gasteiger partial charge in [0.15, 0.2) is 0 Å². The number of hydrogen-bond donors (Lipinski definition) is 1. The molecule has 146 valence electrons. The van der Waals surface area contributed by atoms with Crippen molar-refractivity contribution in [2.75, 3.05) is 26.2 Å². The van der Waals surface area contributed by atoms with Crippen molar-refractivity contribution < 1.29 is 9.59 Å². The Morgan fingerprint density at radius 1 is 1.04 bits per heavy atom. The molecule has 2 aromatic rings. The third-order valence-electron chi connectivity index (χ3n) is 5.85. The van der Waals surface area contributed by atoms with Gasteiger partial charge in [0.1, 0.15) is 0 Å². The number of H-pyrrole nitrogens is 1. The maximum absolute atomic E-state index is 12.9. The number of benzene rings is 1. The Morgan fingerprint density at radius 3 is 2.44 bits per heavy atom. The average molecular weight is 370 g/mol. The minimum absolute atomic E-state index is 0.112. The van der Waals surface area contributed by atoms with E-state index in [0.717, 1.165) is 54.5 Å². The van der Waals surface area contributed by atoms with E-state index in [1.807, 2.05) is 34.9 Å². The van der Waals surface area contributed by atoms with E-state index in [9.17, 15) is 9.59 Å². The van der Waals surface area contributed by atoms with Crippen molar-refractivity contribution in [3.05, 3.63) is 35.5 Å². The standard InChI is InChI=1S/C22H31N3O2/c1-4-17(5-2)22(27)25-12-8-11-24(13-14-25)21(26)15-19-16(3)23-20-10-7-6-9-18(19)20/h6-7,9-10,17,23H,4-5,8,11-15H2,1-3H3. The number of hydrogen-bond acceptors (Lipinski definition) is 2. The number of aromatic nitrogens is 1. The van der Waals surface area contributed by atoms with Crippen LogP contribution in [0.5, 0.6) is 0 Å². The van der Waals surface area contributed by atoms with E-state index in [-0.39, 0.29) is 17.7 Å². The molecule has 1 N–H and O–H groups in total. The second kappa shape index (κ2) is 8.59. The molecular formula is C22H31N3O2. The molecule has 0 radical (unpaired) electrons. The molecule has 3 rings (SSSR count). The van der Waals surface area contributed by atoms with Gasteiger partial charge in [0.25, 0.3) is 0 Å². The van der Waals surface area contributed by atoms with Gasteiger partial charge < -0.3 is 14.8 Å². The second-order valence-electron chi connectivity index (χ2n) is 7.52. The monoisotopic (exact) mass is 369 g/mol. The minimum Gasteiger partial charge on any atom is -0.358 e. The Kier molecular flexibility index (Phi) is 6.19. The SMILES string of the molecule is CCC(CC)C(=O)N1CCCN(C(=O)Cc2c(C)[nH]c3ccccc23)CC1. The number of aromatic amines is 1. The van der Waals surface area contributed by atoms with Gasteiger partial charge in [0.2, 0.25) is 11.8 Å². The zero-order chi connectivity index (χ0) is 19.4. The fraction of sp³-hybridized carbons (Fsp3) is 0.545. The zero-order valence-corrected chi connectivity index (χ0v) is 16.8. The topological polar surface area (TPSA) is 56.4 Å². The Morgan fingerprint density at radius 2 is 1.70 bits per heavy atom. The largest absolute Gasteiger partial charge is 0.358 e. The van der Waals surface area contributed by atoms with Crippen LogP contribution in [-0.2, 0) is 16.0 Å². The summed E-state index contributed by atoms with van der Waals surface area (Å²) in [5.74, 6) is 0.516. The molecule has 1 aromatic heterocycles. The first kappa shape index (κ1) is 19.5. The molecule has 2 amide bonds. The molecule has 5 heteroatoms. The number of para-hydroxylation sites is 1. The molecule has 1 aromatic carbocycles. The van der Waals surface area contributed by atoms with Gasteiger partial charge in [-0.05, 0) is 37.8 Å². The molecule has 1 saturated heterocycles. The van der Waals surface area contributed by atoms with Crippen molar-refractivity contribution in [3.8, 4) is 0 Å². The number of carbonyl (C=O) groups excluding carboxylic acids is 2. The predicted molar refractivity (Wildman–Crippen MR) is 109 cm³/mol. The number of aryl methyl sites for hydroxylation is 1. The van der Waals surface area contributed by atoms with E-state index in [4.69, 9.17) is 0 Å². The second-order valence-corrected chi connectivity index (χ2v) is 7.52. The number of nitrogens with zero attached hydrogens (tertiary/aromatic N) is 2. The fourth-order valence-electron chi connectivity index (χ4n) is 4.11. The van der Waals surface area contributed by atoms with Gasteiger partial charge in [-0.15, -0.1) is 0 Å². The van der Waals surface area contributed by atoms with Crippen LogP contribution in [-0.4, -0.2) is 52.8 Å². The molecule has 27 heavy (non-hydrogen) atoms. The lowest BCUT2D eigenvalue weighted by atomic mass is 10.0. The maximum atomic E-state index is 12.9. The third kappa shape index (κ3) is 4.18. The summed E-state index contributed by atoms with van der Waals surface area (Å²) in [6.07, 6.45) is 3.03. The summed E-state index contributed by atoms with van der Waals surface area (Å²) in [4.78, 5) is 32.9. The van der Waals surface area contributed by atoms with Crippen molar-refractivity contribution in [1.82, 2.24) is 14.8 Å². The van der Waals surface area contributed by atoms with Gasteiger partial charge in [0, 0.05) is 48.7 Å². The summed E-state index contributed by atoms with van der Waals surface area (Å²) in [6.45, 7) is 8.94. The molecule has 2 heterocycles. The van der Waals surface area contributed by atoms with Crippen LogP contribution >= 0.6 is 0 Å². The zero-order valence-electron chi connectivity index (χ0n) is 16.8. The third-order valence-corrected chi connectivity index (χ3v) is 5.85. The van der Waals surface area contributed by atoms with Crippen LogP contribution in [0.1, 0.15) is 44.4 Å². The summed E-state index contributed by atoms with van der Waals surface area (Å²) in [7, 11) is 0. The van der Waals surface area contributed by atoms with E-state index in [2.05, 4.69) is 24.9 Å². The molecule has 0 aliphatic carbocycles. The van der Waals surface area contributed by atoms with E-state index < -0.39 is 0 Å². The quantitative estimate of drug-likeness (QED) is 0.877. The Labute approximate surface area is 161 Å². The molecular weight excluding hydrogens is 338 g/mol. The first-order valence-corrected chi connectivity index (χ1v) is 10.2. The van der Waals surface area contributed by atoms with Crippen LogP contribution in [0.15, 0.2) is 24.3 Å². The van der Waals surface area contributed by atoms with Crippen molar-refractivity contribution in [1.29, 1.82) is 0 Å². The molecule has 1 aliphatic rings. The first-order valence-electron chi connectivity index (χ1n) is 10.2. The van der Waals surface area contributed by atoms with Crippen LogP contribution in [0, 0.1) is 12.8 Å². The molecule has 0 spiro atoms. The van der Waals surface area contributed by atoms with Gasteiger partial charge in [-0.1, -0.05) is 32.0 Å². The van der Waals surface area contributed by atoms with Crippen LogP contribution in [0.3, 0.4) is 0 Å². The number of fused-ring (bicyclic) bond motifs is 1. The van der Waals surface area contributed by atoms with Gasteiger partial charge in [-0.2, -0.15) is 0 Å². The number of rotatable bonds is 5. The molecule has 1 aliphatic heterocycles. The Balaban J connectivity index is 1.66. The summed E-state index contributed by atoms with van der Waals surface area (Å²) < 4.78 is 0. The number of amides is 2. The van der Waals surface area contributed by atoms with E-state index in [0.29, 0.717) is 19.5 Å². The lowest BCUT2D eigenvalue weighted by Gasteiger charge is -2.25. The Hall–Kier alpha value is -2.30. The molecule has 0 saturated carbocycles. The highest BCUT2D eigenvalue weighted by Crippen LogP contribution is 2.23. The minimum atomic E-state index is 0.112. The van der Waals surface area contributed by atoms with Gasteiger partial charge in [-0.3, -0.25) is 9.59 Å². The van der Waals surface area contributed by atoms with E-state index >= 15 is 0 Å². The highest BCUT2D eigenvalue weighted by atomic mass is 16.2. The van der Waals surface area contributed by atoms with Crippen LogP contribution in [0.25, 0.3) is 10.9 Å². The highest BCUT2D eigenvalue weighted by Gasteiger charge is 2.26. The van der Waals surface area contributed by atoms with Crippen molar-refractivity contribution in [2.45, 2.75) is 46.5 Å². The van der Waals surface area contributed by atoms with E-state index in [1.165, 1.54) is 0 Å². The van der Waals surface area contributed by atoms with Gasteiger partial charge in [0.05, 0.1) is 6.42 Å². The summed E-state index contributed by atoms with van der Waals surface area (Å²) in [5, 5.41) is 1.13. The van der Waals surface area contributed by atoms with Gasteiger partial charge in [-0.25, -0.2) is 0 Å². The lowest BCUT2D eigenvalue weighted by Crippen LogP contribution is -2.40. The van der Waals surface area contributed by atoms with Gasteiger partial charge >= 0.3 is 0 Å². The van der Waals surface area contributed by atoms with Crippen molar-refractivity contribution >= 4 is 22.7 Å². The van der Waals surface area contributed by atoms with Crippen LogP contribution in [0.2, 0.25) is 0 Å². The maximum Gasteiger partial charge on any atom is 0.227 e. The van der Waals surface area contributed by atoms with Crippen molar-refractivity contribution in [3.63, 3.8) is 0 Å². The van der Waals surface area contributed by atoms with E-state index in [1.54, 1.807) is 0 Å². The fourth-order valence-corrected chi connectivity index (χ4v) is 4.11. The average Bonchev–Trinajstić information content (AvgIpc) is 2.85. The molecule has 0 bridgehead atoms. The predicted octanol–water partition coefficient (Wildman–Crippen LogP) is 3.52. The molecule has 5 nitrogen and oxygen atoms in total. The summed E-state index contributed by atoms with van der Waals surface area (Å²) in [5.41, 5.74) is 3.23. The smallest absolute Gasteiger partial charge is 0.227 e. The van der Waals surface area contributed by atoms with Crippen LogP contribution < -0.4 is 0 Å². The first-order chi connectivity index (χ1) is 13.0. The molecule has 0 atom stereocenters.